The summed E-state index contributed by atoms with van der Waals surface area (Å²) in [6, 6.07) is 2.09. The predicted molar refractivity (Wildman–Crippen MR) is 73.1 cm³/mol. The molecule has 17 heavy (non-hydrogen) atoms. The maximum absolute atomic E-state index is 5.55. The Labute approximate surface area is 105 Å². The maximum atomic E-state index is 5.55. The average molecular weight is 235 g/mol. The van der Waals surface area contributed by atoms with Crippen molar-refractivity contribution < 1.29 is 4.74 Å². The first-order chi connectivity index (χ1) is 7.88. The standard InChI is InChI=1S/C15H25NO/c1-9(2)12-8-13(17-7)14(10(3)4)15(16-12)11(5)6/h8-11H,1-7H3. The van der Waals surface area contributed by atoms with Gasteiger partial charge in [0, 0.05) is 17.3 Å². The number of ether oxygens (including phenoxy) is 1. The molecule has 1 aromatic heterocycles. The highest BCUT2D eigenvalue weighted by atomic mass is 16.5. The Morgan fingerprint density at radius 3 is 1.88 bits per heavy atom. The molecule has 0 saturated carbocycles. The normalized spacial score (nSPS) is 11.6. The molecule has 0 fully saturated rings. The van der Waals surface area contributed by atoms with E-state index in [0.717, 1.165) is 11.4 Å². The molecule has 0 aliphatic carbocycles. The Kier molecular flexibility index (Phi) is 4.55. The minimum absolute atomic E-state index is 0.431. The Hall–Kier alpha value is -1.05. The summed E-state index contributed by atoms with van der Waals surface area (Å²) < 4.78 is 5.55. The van der Waals surface area contributed by atoms with Crippen LogP contribution in [0.15, 0.2) is 6.07 Å². The molecule has 0 bridgehead atoms. The number of hydrogen-bond acceptors (Lipinski definition) is 2. The first-order valence-electron chi connectivity index (χ1n) is 6.47. The zero-order valence-electron chi connectivity index (χ0n) is 12.2. The van der Waals surface area contributed by atoms with Gasteiger partial charge in [0.1, 0.15) is 5.75 Å². The summed E-state index contributed by atoms with van der Waals surface area (Å²) in [5.74, 6) is 2.29. The highest BCUT2D eigenvalue weighted by molar-refractivity contribution is 5.42. The van der Waals surface area contributed by atoms with Crippen LogP contribution in [0.1, 0.15) is 76.2 Å². The molecule has 2 nitrogen and oxygen atoms in total. The molecule has 0 amide bonds. The summed E-state index contributed by atoms with van der Waals surface area (Å²) in [5, 5.41) is 0. The van der Waals surface area contributed by atoms with Gasteiger partial charge in [0.15, 0.2) is 0 Å². The first-order valence-corrected chi connectivity index (χ1v) is 6.47. The van der Waals surface area contributed by atoms with E-state index in [4.69, 9.17) is 9.72 Å². The van der Waals surface area contributed by atoms with Gasteiger partial charge >= 0.3 is 0 Å². The minimum Gasteiger partial charge on any atom is -0.496 e. The molecule has 2 heteroatoms. The number of nitrogens with zero attached hydrogens (tertiary/aromatic N) is 1. The van der Waals surface area contributed by atoms with Crippen molar-refractivity contribution in [3.05, 3.63) is 23.0 Å². The molecule has 0 radical (unpaired) electrons. The van der Waals surface area contributed by atoms with E-state index >= 15 is 0 Å². The molecular weight excluding hydrogens is 210 g/mol. The van der Waals surface area contributed by atoms with Gasteiger partial charge in [-0.3, -0.25) is 4.98 Å². The summed E-state index contributed by atoms with van der Waals surface area (Å²) in [7, 11) is 1.75. The lowest BCUT2D eigenvalue weighted by Crippen LogP contribution is -2.08. The van der Waals surface area contributed by atoms with Crippen molar-refractivity contribution in [2.75, 3.05) is 7.11 Å². The zero-order valence-corrected chi connectivity index (χ0v) is 12.2. The molecule has 0 spiro atoms. The van der Waals surface area contributed by atoms with E-state index in [9.17, 15) is 0 Å². The topological polar surface area (TPSA) is 22.1 Å². The largest absolute Gasteiger partial charge is 0.496 e. The summed E-state index contributed by atoms with van der Waals surface area (Å²) in [5.41, 5.74) is 3.56. The van der Waals surface area contributed by atoms with E-state index in [1.807, 2.05) is 0 Å². The molecule has 0 atom stereocenters. The van der Waals surface area contributed by atoms with Crippen LogP contribution in [-0.2, 0) is 0 Å². The molecular formula is C15H25NO. The molecule has 0 aliphatic rings. The third-order valence-corrected chi connectivity index (χ3v) is 3.01. The van der Waals surface area contributed by atoms with Crippen molar-refractivity contribution >= 4 is 0 Å². The molecule has 1 heterocycles. The Morgan fingerprint density at radius 1 is 0.941 bits per heavy atom. The van der Waals surface area contributed by atoms with Crippen molar-refractivity contribution in [3.63, 3.8) is 0 Å². The molecule has 0 saturated heterocycles. The molecule has 0 aliphatic heterocycles. The van der Waals surface area contributed by atoms with Crippen molar-refractivity contribution in [1.82, 2.24) is 4.98 Å². The van der Waals surface area contributed by atoms with Crippen LogP contribution < -0.4 is 4.74 Å². The Balaban J connectivity index is 3.46. The third-order valence-electron chi connectivity index (χ3n) is 3.01. The summed E-state index contributed by atoms with van der Waals surface area (Å²) >= 11 is 0. The fraction of sp³-hybridized carbons (Fsp3) is 0.667. The van der Waals surface area contributed by atoms with Crippen LogP contribution in [0.4, 0.5) is 0 Å². The highest BCUT2D eigenvalue weighted by Gasteiger charge is 2.19. The molecule has 0 aromatic carbocycles. The van der Waals surface area contributed by atoms with Gasteiger partial charge in [-0.1, -0.05) is 41.5 Å². The number of methoxy groups -OCH3 is 1. The van der Waals surface area contributed by atoms with Crippen LogP contribution in [0.25, 0.3) is 0 Å². The van der Waals surface area contributed by atoms with Crippen molar-refractivity contribution in [2.45, 2.75) is 59.3 Å². The van der Waals surface area contributed by atoms with Crippen molar-refractivity contribution in [2.24, 2.45) is 0 Å². The summed E-state index contributed by atoms with van der Waals surface area (Å²) in [6.45, 7) is 13.1. The number of pyridine rings is 1. The van der Waals surface area contributed by atoms with Crippen molar-refractivity contribution in [1.29, 1.82) is 0 Å². The monoisotopic (exact) mass is 235 g/mol. The van der Waals surface area contributed by atoms with Gasteiger partial charge in [0.05, 0.1) is 12.8 Å². The van der Waals surface area contributed by atoms with Crippen LogP contribution >= 0.6 is 0 Å². The molecule has 1 rings (SSSR count). The van der Waals surface area contributed by atoms with E-state index in [1.165, 1.54) is 11.3 Å². The zero-order chi connectivity index (χ0) is 13.2. The van der Waals surface area contributed by atoms with E-state index in [1.54, 1.807) is 7.11 Å². The molecule has 0 unspecified atom stereocenters. The summed E-state index contributed by atoms with van der Waals surface area (Å²) in [4.78, 5) is 4.82. The van der Waals surface area contributed by atoms with Crippen LogP contribution in [0.2, 0.25) is 0 Å². The lowest BCUT2D eigenvalue weighted by molar-refractivity contribution is 0.403. The Morgan fingerprint density at radius 2 is 1.53 bits per heavy atom. The van der Waals surface area contributed by atoms with Crippen molar-refractivity contribution in [3.8, 4) is 5.75 Å². The van der Waals surface area contributed by atoms with E-state index in [-0.39, 0.29) is 0 Å². The quantitative estimate of drug-likeness (QED) is 0.768. The van der Waals surface area contributed by atoms with Gasteiger partial charge in [-0.15, -0.1) is 0 Å². The van der Waals surface area contributed by atoms with Gasteiger partial charge in [-0.25, -0.2) is 0 Å². The van der Waals surface area contributed by atoms with Crippen LogP contribution in [-0.4, -0.2) is 12.1 Å². The number of rotatable bonds is 4. The fourth-order valence-corrected chi connectivity index (χ4v) is 2.05. The fourth-order valence-electron chi connectivity index (χ4n) is 2.05. The van der Waals surface area contributed by atoms with Crippen LogP contribution in [0, 0.1) is 0 Å². The minimum atomic E-state index is 0.431. The lowest BCUT2D eigenvalue weighted by atomic mass is 9.93. The maximum Gasteiger partial charge on any atom is 0.125 e. The summed E-state index contributed by atoms with van der Waals surface area (Å²) in [6.07, 6.45) is 0. The Bertz CT molecular complexity index is 381. The van der Waals surface area contributed by atoms with Crippen LogP contribution in [0.3, 0.4) is 0 Å². The molecule has 0 N–H and O–H groups in total. The number of aromatic nitrogens is 1. The van der Waals surface area contributed by atoms with E-state index in [0.29, 0.717) is 17.8 Å². The highest BCUT2D eigenvalue weighted by Crippen LogP contribution is 2.34. The molecule has 1 aromatic rings. The molecule has 96 valence electrons. The first kappa shape index (κ1) is 14.0. The number of hydrogen-bond donors (Lipinski definition) is 0. The third kappa shape index (κ3) is 2.99. The van der Waals surface area contributed by atoms with Gasteiger partial charge in [0.2, 0.25) is 0 Å². The average Bonchev–Trinajstić information content (AvgIpc) is 2.26. The SMILES string of the molecule is COc1cc(C(C)C)nc(C(C)C)c1C(C)C. The predicted octanol–water partition coefficient (Wildman–Crippen LogP) is 4.46. The van der Waals surface area contributed by atoms with Gasteiger partial charge in [-0.05, 0) is 17.8 Å². The van der Waals surface area contributed by atoms with Gasteiger partial charge < -0.3 is 4.74 Å². The van der Waals surface area contributed by atoms with Crippen LogP contribution in [0.5, 0.6) is 5.75 Å². The smallest absolute Gasteiger partial charge is 0.125 e. The van der Waals surface area contributed by atoms with Gasteiger partial charge in [0.25, 0.3) is 0 Å². The van der Waals surface area contributed by atoms with Gasteiger partial charge in [-0.2, -0.15) is 0 Å². The second-order valence-electron chi connectivity index (χ2n) is 5.51. The van der Waals surface area contributed by atoms with E-state index in [2.05, 4.69) is 47.6 Å². The second kappa shape index (κ2) is 5.52. The second-order valence-corrected chi connectivity index (χ2v) is 5.51. The lowest BCUT2D eigenvalue weighted by Gasteiger charge is -2.21. The van der Waals surface area contributed by atoms with E-state index < -0.39 is 0 Å².